The Labute approximate surface area is 128 Å². The molecule has 1 aromatic carbocycles. The summed E-state index contributed by atoms with van der Waals surface area (Å²) in [6, 6.07) is 7.61. The molecule has 0 atom stereocenters. The van der Waals surface area contributed by atoms with Crippen molar-refractivity contribution in [3.05, 3.63) is 46.0 Å². The van der Waals surface area contributed by atoms with Crippen molar-refractivity contribution in [2.24, 2.45) is 5.10 Å². The zero-order chi connectivity index (χ0) is 15.8. The normalized spacial score (nSPS) is 10.8. The van der Waals surface area contributed by atoms with E-state index >= 15 is 0 Å². The first-order valence-corrected chi connectivity index (χ1v) is 7.14. The highest BCUT2D eigenvalue weighted by molar-refractivity contribution is 5.80. The van der Waals surface area contributed by atoms with E-state index in [1.807, 2.05) is 24.3 Å². The average Bonchev–Trinajstić information content (AvgIpc) is 2.52. The molecular weight excluding hydrogens is 282 g/mol. The van der Waals surface area contributed by atoms with Crippen LogP contribution in [0.1, 0.15) is 31.0 Å². The number of anilines is 1. The smallest absolute Gasteiger partial charge is 0.363 e. The number of aromatic amines is 1. The number of benzene rings is 1. The number of nitrogens with zero attached hydrogens (tertiary/aromatic N) is 3. The minimum absolute atomic E-state index is 0.333. The molecule has 116 valence electrons. The number of aryl methyl sites for hydroxylation is 1. The first kappa shape index (κ1) is 15.7. The number of ether oxygens (including phenoxy) is 1. The van der Waals surface area contributed by atoms with Crippen LogP contribution in [-0.2, 0) is 0 Å². The summed E-state index contributed by atoms with van der Waals surface area (Å²) in [5.41, 5.74) is 3.66. The van der Waals surface area contributed by atoms with Gasteiger partial charge in [-0.3, -0.25) is 5.43 Å². The van der Waals surface area contributed by atoms with E-state index in [2.05, 4.69) is 32.6 Å². The molecule has 2 aromatic rings. The molecule has 2 rings (SSSR count). The van der Waals surface area contributed by atoms with Crippen LogP contribution in [0.3, 0.4) is 0 Å². The summed E-state index contributed by atoms with van der Waals surface area (Å²) >= 11 is 0. The Hall–Kier alpha value is -2.70. The van der Waals surface area contributed by atoms with Gasteiger partial charge in [-0.15, -0.1) is 0 Å². The second kappa shape index (κ2) is 7.92. The van der Waals surface area contributed by atoms with Gasteiger partial charge in [-0.25, -0.2) is 9.89 Å². The summed E-state index contributed by atoms with van der Waals surface area (Å²) in [5, 5.41) is 10.1. The van der Waals surface area contributed by atoms with Gasteiger partial charge in [0, 0.05) is 0 Å². The lowest BCUT2D eigenvalue weighted by atomic mass is 10.2. The number of rotatable bonds is 7. The highest BCUT2D eigenvalue weighted by atomic mass is 16.5. The van der Waals surface area contributed by atoms with Crippen LogP contribution in [-0.4, -0.2) is 28.0 Å². The van der Waals surface area contributed by atoms with Crippen molar-refractivity contribution in [1.29, 1.82) is 0 Å². The van der Waals surface area contributed by atoms with Crippen LogP contribution >= 0.6 is 0 Å². The molecule has 0 spiro atoms. The molecule has 0 aliphatic rings. The molecule has 22 heavy (non-hydrogen) atoms. The molecule has 2 N–H and O–H groups in total. The first-order chi connectivity index (χ1) is 10.7. The third kappa shape index (κ3) is 4.69. The minimum Gasteiger partial charge on any atom is -0.494 e. The molecule has 1 aromatic heterocycles. The topological polar surface area (TPSA) is 92.3 Å². The molecule has 0 aliphatic carbocycles. The second-order valence-corrected chi connectivity index (χ2v) is 4.72. The van der Waals surface area contributed by atoms with Gasteiger partial charge in [0.25, 0.3) is 0 Å². The molecule has 7 nitrogen and oxygen atoms in total. The lowest BCUT2D eigenvalue weighted by Gasteiger charge is -2.05. The van der Waals surface area contributed by atoms with Crippen LogP contribution in [0.4, 0.5) is 5.82 Å². The monoisotopic (exact) mass is 301 g/mol. The van der Waals surface area contributed by atoms with Crippen LogP contribution < -0.4 is 15.9 Å². The first-order valence-electron chi connectivity index (χ1n) is 7.14. The third-order valence-corrected chi connectivity index (χ3v) is 2.91. The second-order valence-electron chi connectivity index (χ2n) is 4.72. The third-order valence-electron chi connectivity index (χ3n) is 2.91. The van der Waals surface area contributed by atoms with E-state index in [1.165, 1.54) is 0 Å². The fraction of sp³-hybridized carbons (Fsp3) is 0.333. The quantitative estimate of drug-likeness (QED) is 0.464. The van der Waals surface area contributed by atoms with Crippen molar-refractivity contribution in [2.75, 3.05) is 12.0 Å². The lowest BCUT2D eigenvalue weighted by molar-refractivity contribution is 0.309. The Morgan fingerprint density at radius 3 is 2.86 bits per heavy atom. The van der Waals surface area contributed by atoms with E-state index in [0.717, 1.165) is 30.8 Å². The lowest BCUT2D eigenvalue weighted by Crippen LogP contribution is -2.15. The van der Waals surface area contributed by atoms with E-state index in [0.29, 0.717) is 11.5 Å². The number of hydrogen-bond donors (Lipinski definition) is 2. The Kier molecular flexibility index (Phi) is 5.65. The molecule has 7 heteroatoms. The van der Waals surface area contributed by atoms with Gasteiger partial charge in [-0.1, -0.05) is 13.3 Å². The maximum absolute atomic E-state index is 11.1. The van der Waals surface area contributed by atoms with Crippen molar-refractivity contribution in [2.45, 2.75) is 26.7 Å². The van der Waals surface area contributed by atoms with Crippen LogP contribution in [0.15, 0.2) is 34.2 Å². The van der Waals surface area contributed by atoms with Crippen LogP contribution in [0, 0.1) is 6.92 Å². The predicted molar refractivity (Wildman–Crippen MR) is 85.5 cm³/mol. The van der Waals surface area contributed by atoms with Crippen molar-refractivity contribution in [3.63, 3.8) is 0 Å². The highest BCUT2D eigenvalue weighted by Gasteiger charge is 2.00. The van der Waals surface area contributed by atoms with Gasteiger partial charge in [-0.05, 0) is 43.2 Å². The summed E-state index contributed by atoms with van der Waals surface area (Å²) in [5.74, 6) is 1.18. The Balaban J connectivity index is 1.93. The maximum atomic E-state index is 11.1. The Morgan fingerprint density at radius 2 is 2.14 bits per heavy atom. The molecule has 0 amide bonds. The summed E-state index contributed by atoms with van der Waals surface area (Å²) in [7, 11) is 0. The van der Waals surface area contributed by atoms with E-state index in [1.54, 1.807) is 13.1 Å². The zero-order valence-electron chi connectivity index (χ0n) is 12.7. The molecule has 0 radical (unpaired) electrons. The van der Waals surface area contributed by atoms with Gasteiger partial charge in [0.05, 0.1) is 12.8 Å². The number of nitrogens with one attached hydrogen (secondary N) is 2. The summed E-state index contributed by atoms with van der Waals surface area (Å²) < 4.78 is 5.59. The van der Waals surface area contributed by atoms with E-state index in [4.69, 9.17) is 4.74 Å². The van der Waals surface area contributed by atoms with Crippen molar-refractivity contribution in [1.82, 2.24) is 15.2 Å². The number of hydrogen-bond acceptors (Lipinski definition) is 6. The highest BCUT2D eigenvalue weighted by Crippen LogP contribution is 2.11. The fourth-order valence-electron chi connectivity index (χ4n) is 1.65. The Morgan fingerprint density at radius 1 is 1.36 bits per heavy atom. The molecule has 0 unspecified atom stereocenters. The summed E-state index contributed by atoms with van der Waals surface area (Å²) in [4.78, 5) is 14.8. The van der Waals surface area contributed by atoms with E-state index < -0.39 is 5.69 Å². The predicted octanol–water partition coefficient (Wildman–Crippen LogP) is 2.10. The van der Waals surface area contributed by atoms with E-state index in [-0.39, 0.29) is 0 Å². The number of hydrazone groups is 1. The average molecular weight is 301 g/mol. The van der Waals surface area contributed by atoms with E-state index in [9.17, 15) is 4.79 Å². The number of H-pyrrole nitrogens is 1. The van der Waals surface area contributed by atoms with Gasteiger partial charge >= 0.3 is 5.69 Å². The maximum Gasteiger partial charge on any atom is 0.363 e. The SMILES string of the molecule is CCCCOc1ccc(/C=N\Nc2nc(=O)[nH]nc2C)cc1. The summed E-state index contributed by atoms with van der Waals surface area (Å²) in [6.07, 6.45) is 3.79. The fourth-order valence-corrected chi connectivity index (χ4v) is 1.65. The molecule has 0 saturated carbocycles. The number of unbranched alkanes of at least 4 members (excludes halogenated alkanes) is 1. The van der Waals surface area contributed by atoms with Crippen molar-refractivity contribution >= 4 is 12.0 Å². The van der Waals surface area contributed by atoms with Gasteiger partial charge in [-0.2, -0.15) is 15.2 Å². The van der Waals surface area contributed by atoms with Gasteiger partial charge in [0.1, 0.15) is 11.4 Å². The van der Waals surface area contributed by atoms with Crippen LogP contribution in [0.2, 0.25) is 0 Å². The molecule has 1 heterocycles. The van der Waals surface area contributed by atoms with Crippen molar-refractivity contribution in [3.8, 4) is 5.75 Å². The van der Waals surface area contributed by atoms with Crippen LogP contribution in [0.5, 0.6) is 5.75 Å². The van der Waals surface area contributed by atoms with Gasteiger partial charge in [0.2, 0.25) is 0 Å². The van der Waals surface area contributed by atoms with Gasteiger partial charge < -0.3 is 4.74 Å². The number of aromatic nitrogens is 3. The molecular formula is C15H19N5O2. The zero-order valence-corrected chi connectivity index (χ0v) is 12.7. The largest absolute Gasteiger partial charge is 0.494 e. The van der Waals surface area contributed by atoms with Crippen LogP contribution in [0.25, 0.3) is 0 Å². The summed E-state index contributed by atoms with van der Waals surface area (Å²) in [6.45, 7) is 4.58. The molecule has 0 fully saturated rings. The minimum atomic E-state index is -0.517. The molecule has 0 bridgehead atoms. The van der Waals surface area contributed by atoms with Gasteiger partial charge in [0.15, 0.2) is 5.82 Å². The Bertz CT molecular complexity index is 679. The standard InChI is InChI=1S/C15H19N5O2/c1-3-4-9-22-13-7-5-12(6-8-13)10-16-19-14-11(2)18-20-15(21)17-14/h5-8,10H,3-4,9H2,1-2H3,(H2,17,19,20,21)/b16-10-. The molecule has 0 aliphatic heterocycles. The molecule has 0 saturated heterocycles. The van der Waals surface area contributed by atoms with Crippen molar-refractivity contribution < 1.29 is 4.74 Å².